The number of hydrogen-bond acceptors (Lipinski definition) is 2. The molecule has 0 atom stereocenters. The molecule has 0 radical (unpaired) electrons. The molecule has 1 aromatic rings. The van der Waals surface area contributed by atoms with E-state index in [9.17, 15) is 4.79 Å². The molecule has 0 amide bonds. The maximum atomic E-state index is 11.7. The van der Waals surface area contributed by atoms with Gasteiger partial charge in [-0.1, -0.05) is 50.7 Å². The number of benzene rings is 1. The number of anilines is 1. The van der Waals surface area contributed by atoms with Gasteiger partial charge in [0, 0.05) is 15.7 Å². The molecule has 0 saturated heterocycles. The number of aryl methyl sites for hydroxylation is 1. The summed E-state index contributed by atoms with van der Waals surface area (Å²) in [7, 11) is 0. The van der Waals surface area contributed by atoms with Gasteiger partial charge in [-0.2, -0.15) is 0 Å². The molecule has 0 aliphatic heterocycles. The summed E-state index contributed by atoms with van der Waals surface area (Å²) in [5.41, 5.74) is 7.02. The summed E-state index contributed by atoms with van der Waals surface area (Å²) in [4.78, 5) is 11.7. The minimum Gasteiger partial charge on any atom is -0.398 e. The second-order valence-corrected chi connectivity index (χ2v) is 6.21. The summed E-state index contributed by atoms with van der Waals surface area (Å²) in [5, 5.41) is 0. The lowest BCUT2D eigenvalue weighted by atomic mass is 10.1. The highest BCUT2D eigenvalue weighted by atomic mass is 79.9. The third kappa shape index (κ3) is 3.00. The molecular weight excluding hydrogens is 324 g/mol. The molecule has 0 aliphatic rings. The summed E-state index contributed by atoms with van der Waals surface area (Å²) < 4.78 is -1.27. The second-order valence-electron chi connectivity index (χ2n) is 3.01. The van der Waals surface area contributed by atoms with Crippen molar-refractivity contribution in [1.29, 1.82) is 0 Å². The Labute approximate surface area is 111 Å². The van der Waals surface area contributed by atoms with Crippen LogP contribution in [0.5, 0.6) is 0 Å². The molecule has 0 fully saturated rings. The highest BCUT2D eigenvalue weighted by Crippen LogP contribution is 2.34. The molecule has 1 aromatic carbocycles. The number of hydrogen-bond donors (Lipinski definition) is 1. The summed E-state index contributed by atoms with van der Waals surface area (Å²) in [6, 6.07) is 3.32. The zero-order valence-electron chi connectivity index (χ0n) is 7.65. The van der Waals surface area contributed by atoms with E-state index in [1.807, 2.05) is 0 Å². The molecule has 0 saturated carbocycles. The van der Waals surface area contributed by atoms with Crippen molar-refractivity contribution in [3.8, 4) is 0 Å². The Balaban J connectivity index is 3.32. The maximum Gasteiger partial charge on any atom is 0.253 e. The van der Waals surface area contributed by atoms with Crippen LogP contribution >= 0.6 is 50.7 Å². The fourth-order valence-electron chi connectivity index (χ4n) is 1.09. The maximum absolute atomic E-state index is 11.7. The van der Waals surface area contributed by atoms with Crippen LogP contribution in [0.3, 0.4) is 0 Å². The predicted molar refractivity (Wildman–Crippen MR) is 67.9 cm³/mol. The number of carbonyl (C=O) groups is 1. The van der Waals surface area contributed by atoms with Crippen LogP contribution in [0.2, 0.25) is 0 Å². The van der Waals surface area contributed by atoms with Gasteiger partial charge in [-0.05, 0) is 24.6 Å². The molecule has 1 rings (SSSR count). The zero-order chi connectivity index (χ0) is 11.8. The van der Waals surface area contributed by atoms with Crippen LogP contribution in [0.4, 0.5) is 5.69 Å². The predicted octanol–water partition coefficient (Wildman–Crippen LogP) is 3.89. The SMILES string of the molecule is Cc1cc(Br)cc(C(=O)C(Cl)(Cl)Cl)c1N. The molecule has 0 heterocycles. The Bertz CT molecular complexity index is 415. The van der Waals surface area contributed by atoms with Crippen molar-refractivity contribution in [1.82, 2.24) is 0 Å². The quantitative estimate of drug-likeness (QED) is 0.482. The fourth-order valence-corrected chi connectivity index (χ4v) is 1.97. The molecule has 2 N–H and O–H groups in total. The minimum absolute atomic E-state index is 0.210. The van der Waals surface area contributed by atoms with Crippen LogP contribution in [0, 0.1) is 6.92 Å². The lowest BCUT2D eigenvalue weighted by Crippen LogP contribution is -2.20. The van der Waals surface area contributed by atoms with Gasteiger partial charge in [-0.15, -0.1) is 0 Å². The first-order chi connectivity index (χ1) is 6.73. The van der Waals surface area contributed by atoms with Crippen molar-refractivity contribution in [2.24, 2.45) is 0 Å². The Kier molecular flexibility index (Phi) is 3.93. The van der Waals surface area contributed by atoms with Crippen LogP contribution in [0.15, 0.2) is 16.6 Å². The Hall–Kier alpha value is 0.0400. The molecule has 0 aromatic heterocycles. The number of nitrogen functional groups attached to an aromatic ring is 1. The van der Waals surface area contributed by atoms with Gasteiger partial charge in [0.15, 0.2) is 0 Å². The molecular formula is C9H7BrCl3NO. The number of ketones is 1. The fraction of sp³-hybridized carbons (Fsp3) is 0.222. The average molecular weight is 331 g/mol. The first-order valence-electron chi connectivity index (χ1n) is 3.90. The molecule has 0 unspecified atom stereocenters. The number of halogens is 4. The van der Waals surface area contributed by atoms with Gasteiger partial charge in [0.05, 0.1) is 0 Å². The summed E-state index contributed by atoms with van der Waals surface area (Å²) in [6.07, 6.45) is 0. The monoisotopic (exact) mass is 329 g/mol. The third-order valence-corrected chi connectivity index (χ3v) is 2.83. The van der Waals surface area contributed by atoms with E-state index in [0.29, 0.717) is 10.2 Å². The summed E-state index contributed by atoms with van der Waals surface area (Å²) in [6.45, 7) is 1.77. The number of nitrogens with two attached hydrogens (primary N) is 1. The topological polar surface area (TPSA) is 43.1 Å². The van der Waals surface area contributed by atoms with Crippen molar-refractivity contribution in [2.75, 3.05) is 5.73 Å². The van der Waals surface area contributed by atoms with E-state index in [2.05, 4.69) is 15.9 Å². The molecule has 2 nitrogen and oxygen atoms in total. The van der Waals surface area contributed by atoms with Crippen molar-refractivity contribution in [3.05, 3.63) is 27.7 Å². The van der Waals surface area contributed by atoms with Crippen LogP contribution in [0.25, 0.3) is 0 Å². The Morgan fingerprint density at radius 2 is 1.93 bits per heavy atom. The van der Waals surface area contributed by atoms with Gasteiger partial charge in [0.25, 0.3) is 3.79 Å². The van der Waals surface area contributed by atoms with E-state index in [1.54, 1.807) is 13.0 Å². The van der Waals surface area contributed by atoms with Gasteiger partial charge < -0.3 is 5.73 Å². The normalized spacial score (nSPS) is 11.5. The van der Waals surface area contributed by atoms with Crippen molar-refractivity contribution < 1.29 is 4.79 Å². The first kappa shape index (κ1) is 13.1. The molecule has 15 heavy (non-hydrogen) atoms. The minimum atomic E-state index is -1.98. The Morgan fingerprint density at radius 1 is 1.40 bits per heavy atom. The van der Waals surface area contributed by atoms with Gasteiger partial charge in [0.1, 0.15) is 0 Å². The highest BCUT2D eigenvalue weighted by molar-refractivity contribution is 9.10. The largest absolute Gasteiger partial charge is 0.398 e. The molecule has 0 aliphatic carbocycles. The van der Waals surface area contributed by atoms with E-state index in [4.69, 9.17) is 40.5 Å². The van der Waals surface area contributed by atoms with Crippen molar-refractivity contribution >= 4 is 62.2 Å². The van der Waals surface area contributed by atoms with E-state index >= 15 is 0 Å². The van der Waals surface area contributed by atoms with E-state index in [-0.39, 0.29) is 5.56 Å². The lowest BCUT2D eigenvalue weighted by Gasteiger charge is -2.13. The average Bonchev–Trinajstić information content (AvgIpc) is 2.08. The summed E-state index contributed by atoms with van der Waals surface area (Å²) >= 11 is 19.8. The summed E-state index contributed by atoms with van der Waals surface area (Å²) in [5.74, 6) is -0.630. The molecule has 82 valence electrons. The highest BCUT2D eigenvalue weighted by Gasteiger charge is 2.33. The second kappa shape index (κ2) is 4.50. The van der Waals surface area contributed by atoms with E-state index < -0.39 is 9.58 Å². The van der Waals surface area contributed by atoms with Gasteiger partial charge in [0.2, 0.25) is 5.78 Å². The smallest absolute Gasteiger partial charge is 0.253 e. The number of Topliss-reactive ketones (excluding diaryl/α,β-unsaturated/α-hetero) is 1. The van der Waals surface area contributed by atoms with Gasteiger partial charge in [-0.25, -0.2) is 0 Å². The Morgan fingerprint density at radius 3 is 2.40 bits per heavy atom. The molecule has 0 spiro atoms. The third-order valence-electron chi connectivity index (χ3n) is 1.85. The number of alkyl halides is 3. The zero-order valence-corrected chi connectivity index (χ0v) is 11.5. The van der Waals surface area contributed by atoms with Crippen LogP contribution < -0.4 is 5.73 Å². The number of rotatable bonds is 1. The lowest BCUT2D eigenvalue weighted by molar-refractivity contribution is 0.0997. The molecule has 0 bridgehead atoms. The van der Waals surface area contributed by atoms with Crippen LogP contribution in [-0.4, -0.2) is 9.58 Å². The number of carbonyl (C=O) groups excluding carboxylic acids is 1. The van der Waals surface area contributed by atoms with Gasteiger partial charge >= 0.3 is 0 Å². The van der Waals surface area contributed by atoms with Crippen LogP contribution in [0.1, 0.15) is 15.9 Å². The first-order valence-corrected chi connectivity index (χ1v) is 5.83. The van der Waals surface area contributed by atoms with Crippen molar-refractivity contribution in [3.63, 3.8) is 0 Å². The van der Waals surface area contributed by atoms with E-state index in [1.165, 1.54) is 6.07 Å². The van der Waals surface area contributed by atoms with Gasteiger partial charge in [-0.3, -0.25) is 4.79 Å². The molecule has 6 heteroatoms. The standard InChI is InChI=1S/C9H7BrCl3NO/c1-4-2-5(10)3-6(7(4)14)8(15)9(11,12)13/h2-3H,14H2,1H3. The van der Waals surface area contributed by atoms with E-state index in [0.717, 1.165) is 5.56 Å². The van der Waals surface area contributed by atoms with Crippen molar-refractivity contribution in [2.45, 2.75) is 10.7 Å². The van der Waals surface area contributed by atoms with Crippen LogP contribution in [-0.2, 0) is 0 Å².